The summed E-state index contributed by atoms with van der Waals surface area (Å²) in [6.45, 7) is 8.97. The Balaban J connectivity index is 2.25. The second kappa shape index (κ2) is 9.35. The van der Waals surface area contributed by atoms with E-state index in [0.717, 1.165) is 11.1 Å². The van der Waals surface area contributed by atoms with E-state index in [-0.39, 0.29) is 17.7 Å². The summed E-state index contributed by atoms with van der Waals surface area (Å²) >= 11 is 6.30. The van der Waals surface area contributed by atoms with E-state index in [1.807, 2.05) is 62.4 Å². The summed E-state index contributed by atoms with van der Waals surface area (Å²) in [4.78, 5) is 26.8. The molecule has 6 nitrogen and oxygen atoms in total. The minimum atomic E-state index is -0.620. The Bertz CT molecular complexity index is 1020. The Kier molecular flexibility index (Phi) is 6.81. The number of aliphatic hydroxyl groups is 1. The van der Waals surface area contributed by atoms with Gasteiger partial charge in [0.05, 0.1) is 6.04 Å². The minimum absolute atomic E-state index is 0.146. The lowest BCUT2D eigenvalue weighted by molar-refractivity contribution is -0.136. The molecule has 0 spiro atoms. The molecule has 1 aliphatic heterocycles. The molecule has 7 heteroatoms. The Morgan fingerprint density at radius 1 is 1.16 bits per heavy atom. The zero-order chi connectivity index (χ0) is 22.7. The lowest BCUT2D eigenvalue weighted by Gasteiger charge is -2.45. The van der Waals surface area contributed by atoms with Crippen LogP contribution in [0.4, 0.5) is 0 Å². The van der Waals surface area contributed by atoms with Gasteiger partial charge in [0, 0.05) is 37.2 Å². The first-order chi connectivity index (χ1) is 14.8. The number of hydrogen-bond acceptors (Lipinski definition) is 5. The van der Waals surface area contributed by atoms with E-state index < -0.39 is 23.5 Å². The summed E-state index contributed by atoms with van der Waals surface area (Å²) < 4.78 is 0. The first kappa shape index (κ1) is 22.6. The van der Waals surface area contributed by atoms with Gasteiger partial charge in [-0.15, -0.1) is 0 Å². The van der Waals surface area contributed by atoms with Gasteiger partial charge in [-0.25, -0.2) is 0 Å². The molecule has 0 bridgehead atoms. The molecule has 0 saturated carbocycles. The van der Waals surface area contributed by atoms with Crippen LogP contribution >= 0.6 is 11.6 Å². The molecular weight excluding hydrogens is 414 g/mol. The normalized spacial score (nSPS) is 19.4. The molecule has 0 aliphatic carbocycles. The highest BCUT2D eigenvalue weighted by atomic mass is 35.5. The van der Waals surface area contributed by atoms with Gasteiger partial charge < -0.3 is 10.0 Å². The van der Waals surface area contributed by atoms with E-state index in [4.69, 9.17) is 11.6 Å². The predicted molar refractivity (Wildman–Crippen MR) is 122 cm³/mol. The van der Waals surface area contributed by atoms with Crippen molar-refractivity contribution >= 4 is 30.0 Å². The number of benzene rings is 2. The molecule has 2 atom stereocenters. The molecule has 2 aromatic rings. The van der Waals surface area contributed by atoms with Gasteiger partial charge >= 0.3 is 0 Å². The van der Waals surface area contributed by atoms with Crippen molar-refractivity contribution in [3.05, 3.63) is 82.2 Å². The fraction of sp³-hybridized carbons (Fsp3) is 0.292. The predicted octanol–water partition coefficient (Wildman–Crippen LogP) is 4.37. The molecule has 1 saturated heterocycles. The highest BCUT2D eigenvalue weighted by Crippen LogP contribution is 2.38. The number of rotatable bonds is 6. The van der Waals surface area contributed by atoms with Gasteiger partial charge in [-0.2, -0.15) is 5.10 Å². The second-order valence-electron chi connectivity index (χ2n) is 7.80. The van der Waals surface area contributed by atoms with Crippen molar-refractivity contribution in [3.63, 3.8) is 0 Å². The van der Waals surface area contributed by atoms with Crippen LogP contribution in [0.3, 0.4) is 0 Å². The van der Waals surface area contributed by atoms with E-state index in [1.54, 1.807) is 11.0 Å². The molecule has 2 aromatic carbocycles. The number of Topliss-reactive ketones (excluding diaryl/α,β-unsaturated/α-hetero) is 1. The molecule has 1 fully saturated rings. The van der Waals surface area contributed by atoms with E-state index in [1.165, 1.54) is 11.9 Å². The molecule has 0 aromatic heterocycles. The third kappa shape index (κ3) is 4.49. The van der Waals surface area contributed by atoms with Crippen molar-refractivity contribution in [3.8, 4) is 0 Å². The lowest BCUT2D eigenvalue weighted by atomic mass is 9.83. The maximum atomic E-state index is 13.2. The summed E-state index contributed by atoms with van der Waals surface area (Å²) in [6.07, 6.45) is 0. The summed E-state index contributed by atoms with van der Waals surface area (Å²) in [5, 5.41) is 16.6. The number of allylic oxidation sites excluding steroid dienone is 1. The Hall–Kier alpha value is -3.12. The maximum absolute atomic E-state index is 13.2. The number of nitrogens with zero attached hydrogens (tertiary/aromatic N) is 3. The number of carbonyl (C=O) groups excluding carboxylic acids is 2. The van der Waals surface area contributed by atoms with Crippen LogP contribution in [0, 0.1) is 0 Å². The van der Waals surface area contributed by atoms with Gasteiger partial charge in [-0.05, 0) is 37.1 Å². The van der Waals surface area contributed by atoms with Gasteiger partial charge in [0.15, 0.2) is 17.2 Å². The zero-order valence-electron chi connectivity index (χ0n) is 17.8. The molecule has 1 aliphatic rings. The van der Waals surface area contributed by atoms with E-state index in [0.29, 0.717) is 11.6 Å². The highest BCUT2D eigenvalue weighted by Gasteiger charge is 2.44. The van der Waals surface area contributed by atoms with Crippen molar-refractivity contribution in [2.24, 2.45) is 5.10 Å². The van der Waals surface area contributed by atoms with Gasteiger partial charge in [0.1, 0.15) is 0 Å². The highest BCUT2D eigenvalue weighted by molar-refractivity contribution is 6.30. The van der Waals surface area contributed by atoms with Crippen LogP contribution in [0.25, 0.3) is 0 Å². The average Bonchev–Trinajstić information content (AvgIpc) is 2.74. The Morgan fingerprint density at radius 3 is 2.35 bits per heavy atom. The van der Waals surface area contributed by atoms with Crippen molar-refractivity contribution in [1.82, 2.24) is 9.91 Å². The SMILES string of the molecule is C=NN1/C(=C(/O)C(C)=O)C(=O)N(C(C)C)CC1C(c1ccccc1)c1cccc(Cl)c1. The van der Waals surface area contributed by atoms with Gasteiger partial charge in [-0.3, -0.25) is 14.6 Å². The third-order valence-corrected chi connectivity index (χ3v) is 5.71. The number of hydrazone groups is 1. The second-order valence-corrected chi connectivity index (χ2v) is 8.24. The average molecular weight is 440 g/mol. The molecule has 3 rings (SSSR count). The van der Waals surface area contributed by atoms with Crippen molar-refractivity contribution in [2.45, 2.75) is 38.8 Å². The summed E-state index contributed by atoms with van der Waals surface area (Å²) in [6, 6.07) is 16.8. The standard InChI is InChI=1S/C24H26ClN3O3/c1-15(2)27-14-20(28(26-4)22(24(27)31)23(30)16(3)29)21(17-9-6-5-7-10-17)18-11-8-12-19(25)13-18/h5-13,15,20-21,30H,4,14H2,1-3H3/b23-22+. The molecule has 1 amide bonds. The smallest absolute Gasteiger partial charge is 0.276 e. The number of halogens is 1. The monoisotopic (exact) mass is 439 g/mol. The number of ketones is 1. The number of amides is 1. The molecule has 0 radical (unpaired) electrons. The fourth-order valence-electron chi connectivity index (χ4n) is 4.00. The molecule has 31 heavy (non-hydrogen) atoms. The van der Waals surface area contributed by atoms with Crippen LogP contribution in [0.1, 0.15) is 37.8 Å². The van der Waals surface area contributed by atoms with Crippen molar-refractivity contribution in [1.29, 1.82) is 0 Å². The molecular formula is C24H26ClN3O3. The Morgan fingerprint density at radius 2 is 1.81 bits per heavy atom. The maximum Gasteiger partial charge on any atom is 0.276 e. The first-order valence-electron chi connectivity index (χ1n) is 10.1. The summed E-state index contributed by atoms with van der Waals surface area (Å²) in [5.74, 6) is -1.94. The van der Waals surface area contributed by atoms with Crippen molar-refractivity contribution < 1.29 is 14.7 Å². The van der Waals surface area contributed by atoms with Crippen LogP contribution in [-0.4, -0.2) is 52.1 Å². The van der Waals surface area contributed by atoms with Crippen LogP contribution in [0.15, 0.2) is 71.2 Å². The molecule has 162 valence electrons. The van der Waals surface area contributed by atoms with Crippen LogP contribution in [-0.2, 0) is 9.59 Å². The summed E-state index contributed by atoms with van der Waals surface area (Å²) in [7, 11) is 0. The fourth-order valence-corrected chi connectivity index (χ4v) is 4.20. The topological polar surface area (TPSA) is 73.2 Å². The quantitative estimate of drug-likeness (QED) is 0.412. The number of hydrogen-bond donors (Lipinski definition) is 1. The summed E-state index contributed by atoms with van der Waals surface area (Å²) in [5.41, 5.74) is 1.76. The van der Waals surface area contributed by atoms with Gasteiger partial charge in [-0.1, -0.05) is 54.1 Å². The van der Waals surface area contributed by atoms with E-state index >= 15 is 0 Å². The van der Waals surface area contributed by atoms with Gasteiger partial charge in [0.25, 0.3) is 5.91 Å². The van der Waals surface area contributed by atoms with Crippen LogP contribution < -0.4 is 0 Å². The third-order valence-electron chi connectivity index (χ3n) is 5.48. The minimum Gasteiger partial charge on any atom is -0.503 e. The first-order valence-corrected chi connectivity index (χ1v) is 10.5. The van der Waals surface area contributed by atoms with Gasteiger partial charge in [0.2, 0.25) is 0 Å². The molecule has 1 N–H and O–H groups in total. The van der Waals surface area contributed by atoms with Crippen molar-refractivity contribution in [2.75, 3.05) is 6.54 Å². The van der Waals surface area contributed by atoms with Crippen LogP contribution in [0.2, 0.25) is 5.02 Å². The largest absolute Gasteiger partial charge is 0.503 e. The number of carbonyl (C=O) groups is 2. The molecule has 1 heterocycles. The molecule has 2 unspecified atom stereocenters. The zero-order valence-corrected chi connectivity index (χ0v) is 18.6. The number of piperazine rings is 1. The Labute approximate surface area is 187 Å². The van der Waals surface area contributed by atoms with E-state index in [2.05, 4.69) is 11.8 Å². The van der Waals surface area contributed by atoms with Crippen LogP contribution in [0.5, 0.6) is 0 Å². The van der Waals surface area contributed by atoms with E-state index in [9.17, 15) is 14.7 Å². The number of aliphatic hydroxyl groups excluding tert-OH is 1. The lowest BCUT2D eigenvalue weighted by Crippen LogP contribution is -2.57.